The zero-order valence-corrected chi connectivity index (χ0v) is 14.5. The zero-order valence-electron chi connectivity index (χ0n) is 12.9. The number of hydrogen-bond acceptors (Lipinski definition) is 6. The average molecular weight is 361 g/mol. The molecule has 0 bridgehead atoms. The molecule has 2 aromatic rings. The molecule has 9 heteroatoms. The molecule has 0 aromatic carbocycles. The van der Waals surface area contributed by atoms with Gasteiger partial charge in [-0.3, -0.25) is 0 Å². The number of pyridine rings is 1. The van der Waals surface area contributed by atoms with Crippen molar-refractivity contribution in [1.82, 2.24) is 20.2 Å². The van der Waals surface area contributed by atoms with Gasteiger partial charge in [-0.05, 0) is 44.3 Å². The quantitative estimate of drug-likeness (QED) is 0.810. The SMILES string of the molecule is CCc1noc2ncc(S(=O)(=O)NCCC3CCNC3)cc12.Cl. The fraction of sp³-hybridized carbons (Fsp3) is 0.571. The smallest absolute Gasteiger partial charge is 0.258 e. The van der Waals surface area contributed by atoms with E-state index < -0.39 is 10.0 Å². The van der Waals surface area contributed by atoms with E-state index in [9.17, 15) is 8.42 Å². The minimum atomic E-state index is -3.55. The van der Waals surface area contributed by atoms with Gasteiger partial charge in [0.05, 0.1) is 17.3 Å². The number of hydrogen-bond donors (Lipinski definition) is 2. The normalized spacial score (nSPS) is 18.2. The third kappa shape index (κ3) is 4.00. The molecule has 128 valence electrons. The van der Waals surface area contributed by atoms with Crippen molar-refractivity contribution >= 4 is 33.5 Å². The lowest BCUT2D eigenvalue weighted by atomic mass is 10.1. The first-order valence-electron chi connectivity index (χ1n) is 7.55. The fourth-order valence-electron chi connectivity index (χ4n) is 2.70. The van der Waals surface area contributed by atoms with Gasteiger partial charge in [0.25, 0.3) is 5.71 Å². The van der Waals surface area contributed by atoms with Crippen molar-refractivity contribution in [3.8, 4) is 0 Å². The molecule has 1 saturated heterocycles. The summed E-state index contributed by atoms with van der Waals surface area (Å²) in [5.74, 6) is 0.549. The molecule has 0 saturated carbocycles. The Hall–Kier alpha value is -1.22. The molecular weight excluding hydrogens is 340 g/mol. The number of fused-ring (bicyclic) bond motifs is 1. The number of nitrogens with zero attached hydrogens (tertiary/aromatic N) is 2. The number of sulfonamides is 1. The zero-order chi connectivity index (χ0) is 15.6. The summed E-state index contributed by atoms with van der Waals surface area (Å²) in [6.45, 7) is 4.37. The van der Waals surface area contributed by atoms with Gasteiger partial charge >= 0.3 is 0 Å². The predicted molar refractivity (Wildman–Crippen MR) is 89.2 cm³/mol. The molecule has 3 heterocycles. The monoisotopic (exact) mass is 360 g/mol. The molecule has 0 spiro atoms. The van der Waals surface area contributed by atoms with Crippen LogP contribution in [0.3, 0.4) is 0 Å². The summed E-state index contributed by atoms with van der Waals surface area (Å²) < 4.78 is 32.4. The van der Waals surface area contributed by atoms with Crippen molar-refractivity contribution < 1.29 is 12.9 Å². The van der Waals surface area contributed by atoms with E-state index in [1.165, 1.54) is 6.20 Å². The number of halogens is 1. The van der Waals surface area contributed by atoms with Gasteiger partial charge in [-0.15, -0.1) is 12.4 Å². The number of nitrogens with one attached hydrogen (secondary N) is 2. The first kappa shape index (κ1) is 18.1. The Morgan fingerprint density at radius 1 is 1.48 bits per heavy atom. The van der Waals surface area contributed by atoms with E-state index in [1.807, 2.05) is 6.92 Å². The molecule has 1 aliphatic heterocycles. The molecule has 0 radical (unpaired) electrons. The summed E-state index contributed by atoms with van der Waals surface area (Å²) >= 11 is 0. The van der Waals surface area contributed by atoms with Gasteiger partial charge in [0.15, 0.2) is 0 Å². The Balaban J connectivity index is 0.00000192. The van der Waals surface area contributed by atoms with Crippen molar-refractivity contribution in [2.75, 3.05) is 19.6 Å². The van der Waals surface area contributed by atoms with Crippen molar-refractivity contribution in [3.05, 3.63) is 18.0 Å². The molecule has 0 amide bonds. The Kier molecular flexibility index (Phi) is 5.96. The second-order valence-corrected chi connectivity index (χ2v) is 7.32. The lowest BCUT2D eigenvalue weighted by molar-refractivity contribution is 0.439. The summed E-state index contributed by atoms with van der Waals surface area (Å²) in [6, 6.07) is 1.58. The molecule has 1 fully saturated rings. The lowest BCUT2D eigenvalue weighted by Crippen LogP contribution is -2.26. The number of aromatic nitrogens is 2. The molecule has 1 aliphatic rings. The van der Waals surface area contributed by atoms with E-state index in [0.717, 1.165) is 31.6 Å². The average Bonchev–Trinajstić information content (AvgIpc) is 3.15. The summed E-state index contributed by atoms with van der Waals surface area (Å²) in [5, 5.41) is 7.83. The fourth-order valence-corrected chi connectivity index (χ4v) is 3.72. The maximum atomic E-state index is 12.4. The van der Waals surface area contributed by atoms with Crippen LogP contribution in [0.15, 0.2) is 21.7 Å². The van der Waals surface area contributed by atoms with Crippen LogP contribution in [0.2, 0.25) is 0 Å². The molecule has 2 N–H and O–H groups in total. The van der Waals surface area contributed by atoms with Crippen LogP contribution < -0.4 is 10.0 Å². The van der Waals surface area contributed by atoms with Crippen LogP contribution in [0, 0.1) is 5.92 Å². The Morgan fingerprint density at radius 2 is 2.30 bits per heavy atom. The van der Waals surface area contributed by atoms with Crippen LogP contribution in [-0.2, 0) is 16.4 Å². The van der Waals surface area contributed by atoms with Crippen molar-refractivity contribution in [2.45, 2.75) is 31.1 Å². The Bertz CT molecular complexity index is 756. The lowest BCUT2D eigenvalue weighted by Gasteiger charge is -2.09. The van der Waals surface area contributed by atoms with E-state index in [-0.39, 0.29) is 17.3 Å². The highest BCUT2D eigenvalue weighted by molar-refractivity contribution is 7.89. The van der Waals surface area contributed by atoms with Crippen molar-refractivity contribution in [2.24, 2.45) is 5.92 Å². The standard InChI is InChI=1S/C14H20N4O3S.ClH/c1-2-13-12-7-11(9-16-14(12)21-18-13)22(19,20)17-6-4-10-3-5-15-8-10;/h7,9-10,15,17H,2-6,8H2,1H3;1H. The maximum Gasteiger partial charge on any atom is 0.258 e. The highest BCUT2D eigenvalue weighted by Gasteiger charge is 2.19. The second kappa shape index (κ2) is 7.57. The van der Waals surface area contributed by atoms with E-state index in [0.29, 0.717) is 30.0 Å². The first-order valence-corrected chi connectivity index (χ1v) is 9.03. The summed E-state index contributed by atoms with van der Waals surface area (Å²) in [5.41, 5.74) is 1.09. The highest BCUT2D eigenvalue weighted by atomic mass is 35.5. The molecule has 1 unspecified atom stereocenters. The number of aryl methyl sites for hydroxylation is 1. The molecular formula is C14H21ClN4O3S. The Labute approximate surface area is 141 Å². The van der Waals surface area contributed by atoms with Gasteiger partial charge in [-0.25, -0.2) is 18.1 Å². The van der Waals surface area contributed by atoms with E-state index in [4.69, 9.17) is 4.52 Å². The maximum absolute atomic E-state index is 12.4. The summed E-state index contributed by atoms with van der Waals surface area (Å²) in [4.78, 5) is 4.20. The molecule has 0 aliphatic carbocycles. The van der Waals surface area contributed by atoms with Gasteiger partial charge < -0.3 is 9.84 Å². The van der Waals surface area contributed by atoms with Crippen LogP contribution in [0.1, 0.15) is 25.5 Å². The van der Waals surface area contributed by atoms with E-state index in [1.54, 1.807) is 6.07 Å². The molecule has 7 nitrogen and oxygen atoms in total. The van der Waals surface area contributed by atoms with Crippen LogP contribution >= 0.6 is 12.4 Å². The van der Waals surface area contributed by atoms with E-state index >= 15 is 0 Å². The van der Waals surface area contributed by atoms with Gasteiger partial charge in [0.2, 0.25) is 10.0 Å². The third-order valence-electron chi connectivity index (χ3n) is 4.03. The molecule has 3 rings (SSSR count). The van der Waals surface area contributed by atoms with Crippen LogP contribution in [0.4, 0.5) is 0 Å². The van der Waals surface area contributed by atoms with Gasteiger partial charge in [-0.2, -0.15) is 0 Å². The third-order valence-corrected chi connectivity index (χ3v) is 5.46. The van der Waals surface area contributed by atoms with Gasteiger partial charge in [0.1, 0.15) is 4.90 Å². The van der Waals surface area contributed by atoms with Crippen molar-refractivity contribution in [3.63, 3.8) is 0 Å². The van der Waals surface area contributed by atoms with Crippen LogP contribution in [0.5, 0.6) is 0 Å². The van der Waals surface area contributed by atoms with Gasteiger partial charge in [0, 0.05) is 6.54 Å². The topological polar surface area (TPSA) is 97.1 Å². The molecule has 2 aromatic heterocycles. The predicted octanol–water partition coefficient (Wildman–Crippen LogP) is 1.48. The Morgan fingerprint density at radius 3 is 3.00 bits per heavy atom. The van der Waals surface area contributed by atoms with Crippen LogP contribution in [0.25, 0.3) is 11.1 Å². The summed E-state index contributed by atoms with van der Waals surface area (Å²) in [6.07, 6.45) is 3.93. The molecule has 23 heavy (non-hydrogen) atoms. The van der Waals surface area contributed by atoms with Gasteiger partial charge in [-0.1, -0.05) is 12.1 Å². The molecule has 1 atom stereocenters. The number of rotatable bonds is 6. The van der Waals surface area contributed by atoms with Crippen molar-refractivity contribution in [1.29, 1.82) is 0 Å². The highest BCUT2D eigenvalue weighted by Crippen LogP contribution is 2.20. The minimum absolute atomic E-state index is 0. The van der Waals surface area contributed by atoms with Crippen LogP contribution in [-0.4, -0.2) is 38.2 Å². The first-order chi connectivity index (χ1) is 10.6. The summed E-state index contributed by atoms with van der Waals surface area (Å²) in [7, 11) is -3.55. The largest absolute Gasteiger partial charge is 0.336 e. The second-order valence-electron chi connectivity index (χ2n) is 5.55. The minimum Gasteiger partial charge on any atom is -0.336 e. The van der Waals surface area contributed by atoms with E-state index in [2.05, 4.69) is 20.2 Å².